The molecule has 0 spiro atoms. The number of benzene rings is 1. The standard InChI is InChI=1S/C14H17ClN2OS2/c1-17-7-2-3-11(17)6-8-20(18)14-16-12-9-10(15)4-5-13(12)19-14/h4-5,9,11H,2-3,6-8H2,1H3. The van der Waals surface area contributed by atoms with Gasteiger partial charge in [-0.3, -0.25) is 4.21 Å². The van der Waals surface area contributed by atoms with E-state index in [0.29, 0.717) is 16.8 Å². The van der Waals surface area contributed by atoms with E-state index in [1.165, 1.54) is 24.2 Å². The second kappa shape index (κ2) is 6.10. The largest absolute Gasteiger partial charge is 0.303 e. The molecule has 1 aromatic heterocycles. The van der Waals surface area contributed by atoms with Gasteiger partial charge in [0.1, 0.15) is 0 Å². The smallest absolute Gasteiger partial charge is 0.181 e. The minimum atomic E-state index is -0.996. The Morgan fingerprint density at radius 1 is 1.55 bits per heavy atom. The van der Waals surface area contributed by atoms with Crippen LogP contribution in [0.5, 0.6) is 0 Å². The van der Waals surface area contributed by atoms with E-state index in [2.05, 4.69) is 16.9 Å². The highest BCUT2D eigenvalue weighted by atomic mass is 35.5. The van der Waals surface area contributed by atoms with Gasteiger partial charge in [0, 0.05) is 16.8 Å². The van der Waals surface area contributed by atoms with Crippen LogP contribution in [-0.2, 0) is 10.8 Å². The maximum Gasteiger partial charge on any atom is 0.181 e. The quantitative estimate of drug-likeness (QED) is 0.860. The van der Waals surface area contributed by atoms with Crippen molar-refractivity contribution in [2.75, 3.05) is 19.3 Å². The van der Waals surface area contributed by atoms with E-state index in [4.69, 9.17) is 11.6 Å². The average Bonchev–Trinajstić information content (AvgIpc) is 3.01. The highest BCUT2D eigenvalue weighted by Crippen LogP contribution is 2.27. The van der Waals surface area contributed by atoms with Crippen molar-refractivity contribution in [3.05, 3.63) is 23.2 Å². The Balaban J connectivity index is 1.69. The molecule has 0 bridgehead atoms. The van der Waals surface area contributed by atoms with Gasteiger partial charge in [0.2, 0.25) is 0 Å². The molecule has 1 aromatic carbocycles. The van der Waals surface area contributed by atoms with E-state index in [9.17, 15) is 4.21 Å². The topological polar surface area (TPSA) is 33.2 Å². The summed E-state index contributed by atoms with van der Waals surface area (Å²) in [6.07, 6.45) is 3.47. The summed E-state index contributed by atoms with van der Waals surface area (Å²) >= 11 is 7.47. The minimum absolute atomic E-state index is 0.586. The van der Waals surface area contributed by atoms with Crippen LogP contribution in [0.25, 0.3) is 10.2 Å². The lowest BCUT2D eigenvalue weighted by molar-refractivity contribution is 0.305. The third kappa shape index (κ3) is 3.06. The van der Waals surface area contributed by atoms with E-state index in [1.807, 2.05) is 18.2 Å². The number of hydrogen-bond acceptors (Lipinski definition) is 4. The first-order chi connectivity index (χ1) is 9.63. The van der Waals surface area contributed by atoms with Gasteiger partial charge in [0.05, 0.1) is 21.0 Å². The summed E-state index contributed by atoms with van der Waals surface area (Å²) in [6.45, 7) is 1.16. The third-order valence-corrected chi connectivity index (χ3v) is 6.79. The van der Waals surface area contributed by atoms with Crippen LogP contribution in [0.15, 0.2) is 22.5 Å². The molecule has 1 saturated heterocycles. The van der Waals surface area contributed by atoms with E-state index < -0.39 is 10.8 Å². The summed E-state index contributed by atoms with van der Waals surface area (Å²) in [5, 5.41) is 0.674. The van der Waals surface area contributed by atoms with Crippen LogP contribution < -0.4 is 0 Å². The minimum Gasteiger partial charge on any atom is -0.303 e. The number of hydrogen-bond donors (Lipinski definition) is 0. The van der Waals surface area contributed by atoms with Crippen LogP contribution in [0.4, 0.5) is 0 Å². The van der Waals surface area contributed by atoms with Crippen LogP contribution in [0.1, 0.15) is 19.3 Å². The molecule has 2 atom stereocenters. The van der Waals surface area contributed by atoms with E-state index in [-0.39, 0.29) is 0 Å². The molecule has 1 aliphatic rings. The van der Waals surface area contributed by atoms with E-state index >= 15 is 0 Å². The molecule has 0 amide bonds. The second-order valence-corrected chi connectivity index (χ2v) is 8.42. The van der Waals surface area contributed by atoms with Crippen molar-refractivity contribution in [2.45, 2.75) is 29.6 Å². The van der Waals surface area contributed by atoms with Crippen molar-refractivity contribution in [2.24, 2.45) is 0 Å². The Morgan fingerprint density at radius 3 is 3.15 bits per heavy atom. The zero-order valence-electron chi connectivity index (χ0n) is 11.3. The molecule has 6 heteroatoms. The Morgan fingerprint density at radius 2 is 2.40 bits per heavy atom. The lowest BCUT2D eigenvalue weighted by atomic mass is 10.2. The van der Waals surface area contributed by atoms with Crippen molar-refractivity contribution in [1.82, 2.24) is 9.88 Å². The van der Waals surface area contributed by atoms with Crippen LogP contribution in [0, 0.1) is 0 Å². The molecule has 0 aliphatic carbocycles. The van der Waals surface area contributed by atoms with Gasteiger partial charge in [-0.25, -0.2) is 4.98 Å². The van der Waals surface area contributed by atoms with E-state index in [0.717, 1.165) is 27.5 Å². The molecule has 108 valence electrons. The van der Waals surface area contributed by atoms with Crippen molar-refractivity contribution in [3.63, 3.8) is 0 Å². The first kappa shape index (κ1) is 14.4. The molecule has 3 rings (SSSR count). The zero-order valence-corrected chi connectivity index (χ0v) is 13.7. The summed E-state index contributed by atoms with van der Waals surface area (Å²) in [5.74, 6) is 0.697. The number of halogens is 1. The monoisotopic (exact) mass is 328 g/mol. The Bertz CT molecular complexity index is 643. The SMILES string of the molecule is CN1CCCC1CCS(=O)c1nc2cc(Cl)ccc2s1. The average molecular weight is 329 g/mol. The number of rotatable bonds is 4. The third-order valence-electron chi connectivity index (χ3n) is 3.83. The fraction of sp³-hybridized carbons (Fsp3) is 0.500. The van der Waals surface area contributed by atoms with Crippen LogP contribution in [-0.4, -0.2) is 39.5 Å². The molecule has 0 radical (unpaired) electrons. The van der Waals surface area contributed by atoms with Crippen LogP contribution >= 0.6 is 22.9 Å². The van der Waals surface area contributed by atoms with Crippen molar-refractivity contribution in [3.8, 4) is 0 Å². The summed E-state index contributed by atoms with van der Waals surface area (Å²) in [6, 6.07) is 6.21. The van der Waals surface area contributed by atoms with Gasteiger partial charge in [-0.2, -0.15) is 0 Å². The summed E-state index contributed by atoms with van der Waals surface area (Å²) in [7, 11) is 1.16. The van der Waals surface area contributed by atoms with Gasteiger partial charge in [-0.05, 0) is 51.1 Å². The van der Waals surface area contributed by atoms with Crippen LogP contribution in [0.3, 0.4) is 0 Å². The number of aromatic nitrogens is 1. The summed E-state index contributed by atoms with van der Waals surface area (Å²) < 4.78 is 14.1. The summed E-state index contributed by atoms with van der Waals surface area (Å²) in [4.78, 5) is 6.83. The fourth-order valence-corrected chi connectivity index (χ4v) is 5.25. The highest BCUT2D eigenvalue weighted by molar-refractivity contribution is 7.87. The predicted octanol–water partition coefficient (Wildman–Crippen LogP) is 3.54. The molecule has 1 aliphatic heterocycles. The van der Waals surface area contributed by atoms with Crippen molar-refractivity contribution < 1.29 is 4.21 Å². The molecular weight excluding hydrogens is 312 g/mol. The molecule has 0 N–H and O–H groups in total. The lowest BCUT2D eigenvalue weighted by Crippen LogP contribution is -2.26. The number of nitrogens with zero attached hydrogens (tertiary/aromatic N) is 2. The molecular formula is C14H17ClN2OS2. The predicted molar refractivity (Wildman–Crippen MR) is 86.2 cm³/mol. The Labute approximate surface area is 130 Å². The fourth-order valence-electron chi connectivity index (χ4n) is 2.65. The van der Waals surface area contributed by atoms with Gasteiger partial charge in [-0.1, -0.05) is 11.6 Å². The molecule has 2 aromatic rings. The normalized spacial score (nSPS) is 21.6. The second-order valence-electron chi connectivity index (χ2n) is 5.21. The molecule has 20 heavy (non-hydrogen) atoms. The first-order valence-electron chi connectivity index (χ1n) is 6.78. The Kier molecular flexibility index (Phi) is 4.40. The van der Waals surface area contributed by atoms with Gasteiger partial charge in [-0.15, -0.1) is 11.3 Å². The van der Waals surface area contributed by atoms with Crippen molar-refractivity contribution in [1.29, 1.82) is 0 Å². The van der Waals surface area contributed by atoms with Crippen LogP contribution in [0.2, 0.25) is 5.02 Å². The number of fused-ring (bicyclic) bond motifs is 1. The molecule has 2 heterocycles. The molecule has 2 unspecified atom stereocenters. The van der Waals surface area contributed by atoms with Gasteiger partial charge in [0.25, 0.3) is 0 Å². The van der Waals surface area contributed by atoms with Crippen molar-refractivity contribution >= 4 is 44.0 Å². The maximum absolute atomic E-state index is 12.4. The first-order valence-corrected chi connectivity index (χ1v) is 9.29. The van der Waals surface area contributed by atoms with Gasteiger partial charge < -0.3 is 4.90 Å². The number of thiazole rings is 1. The van der Waals surface area contributed by atoms with Gasteiger partial charge >= 0.3 is 0 Å². The summed E-state index contributed by atoms with van der Waals surface area (Å²) in [5.41, 5.74) is 0.851. The van der Waals surface area contributed by atoms with E-state index in [1.54, 1.807) is 0 Å². The molecule has 0 saturated carbocycles. The molecule has 1 fully saturated rings. The lowest BCUT2D eigenvalue weighted by Gasteiger charge is -2.18. The Hall–Kier alpha value is -0.490. The highest BCUT2D eigenvalue weighted by Gasteiger charge is 2.22. The molecule has 3 nitrogen and oxygen atoms in total. The number of likely N-dealkylation sites (tertiary alicyclic amines) is 1. The zero-order chi connectivity index (χ0) is 14.1. The van der Waals surface area contributed by atoms with Gasteiger partial charge in [0.15, 0.2) is 4.34 Å². The maximum atomic E-state index is 12.4.